The molecule has 0 fully saturated rings. The topological polar surface area (TPSA) is 40.7 Å². The smallest absolute Gasteiger partial charge is 0.0471 e. The molecular weight excluding hydrogens is 330 g/mol. The van der Waals surface area contributed by atoms with Crippen molar-refractivity contribution in [3.05, 3.63) is 89.3 Å². The van der Waals surface area contributed by atoms with E-state index in [1.165, 1.54) is 16.5 Å². The maximum absolute atomic E-state index is 6.04. The normalized spacial score (nSPS) is 10.9. The van der Waals surface area contributed by atoms with Gasteiger partial charge in [-0.15, -0.1) is 0 Å². The van der Waals surface area contributed by atoms with Crippen LogP contribution < -0.4 is 5.32 Å². The molecule has 0 amide bonds. The SMILES string of the molecule is Clc1ccc2c(CCc3ccc(Nc4ccncc4)cc3)c[nH]c2c1. The van der Waals surface area contributed by atoms with E-state index in [4.69, 9.17) is 11.6 Å². The summed E-state index contributed by atoms with van der Waals surface area (Å²) in [4.78, 5) is 7.33. The number of fused-ring (bicyclic) bond motifs is 1. The van der Waals surface area contributed by atoms with Crippen LogP contribution in [0.1, 0.15) is 11.1 Å². The number of H-pyrrole nitrogens is 1. The van der Waals surface area contributed by atoms with Crippen molar-refractivity contribution >= 4 is 33.9 Å². The summed E-state index contributed by atoms with van der Waals surface area (Å²) in [7, 11) is 0. The average Bonchev–Trinajstić information content (AvgIpc) is 3.04. The van der Waals surface area contributed by atoms with Crippen LogP contribution in [-0.4, -0.2) is 9.97 Å². The van der Waals surface area contributed by atoms with E-state index < -0.39 is 0 Å². The highest BCUT2D eigenvalue weighted by atomic mass is 35.5. The van der Waals surface area contributed by atoms with Gasteiger partial charge >= 0.3 is 0 Å². The van der Waals surface area contributed by atoms with Crippen molar-refractivity contribution in [3.8, 4) is 0 Å². The van der Waals surface area contributed by atoms with Crippen molar-refractivity contribution in [2.75, 3.05) is 5.32 Å². The molecule has 0 saturated heterocycles. The third-order valence-corrected chi connectivity index (χ3v) is 4.57. The molecule has 0 radical (unpaired) electrons. The monoisotopic (exact) mass is 347 g/mol. The summed E-state index contributed by atoms with van der Waals surface area (Å²) < 4.78 is 0. The van der Waals surface area contributed by atoms with Crippen molar-refractivity contribution in [1.29, 1.82) is 0 Å². The number of nitrogens with zero attached hydrogens (tertiary/aromatic N) is 1. The molecule has 0 unspecified atom stereocenters. The van der Waals surface area contributed by atoms with Gasteiger partial charge in [-0.05, 0) is 60.4 Å². The van der Waals surface area contributed by atoms with E-state index in [1.807, 2.05) is 24.3 Å². The highest BCUT2D eigenvalue weighted by Gasteiger charge is 2.05. The lowest BCUT2D eigenvalue weighted by Crippen LogP contribution is -1.93. The van der Waals surface area contributed by atoms with Gasteiger partial charge in [-0.2, -0.15) is 0 Å². The number of benzene rings is 2. The first-order valence-corrected chi connectivity index (χ1v) is 8.67. The van der Waals surface area contributed by atoms with Crippen LogP contribution >= 0.6 is 11.6 Å². The Morgan fingerprint density at radius 1 is 0.880 bits per heavy atom. The lowest BCUT2D eigenvalue weighted by molar-refractivity contribution is 0.968. The van der Waals surface area contributed by atoms with Crippen LogP contribution in [0.25, 0.3) is 10.9 Å². The Morgan fingerprint density at radius 2 is 1.64 bits per heavy atom. The van der Waals surface area contributed by atoms with E-state index in [2.05, 4.69) is 51.8 Å². The zero-order valence-electron chi connectivity index (χ0n) is 13.7. The minimum atomic E-state index is 0.762. The Balaban J connectivity index is 1.42. The number of hydrogen-bond acceptors (Lipinski definition) is 2. The van der Waals surface area contributed by atoms with E-state index >= 15 is 0 Å². The predicted molar refractivity (Wildman–Crippen MR) is 105 cm³/mol. The number of hydrogen-bond donors (Lipinski definition) is 2. The molecule has 25 heavy (non-hydrogen) atoms. The number of pyridine rings is 1. The van der Waals surface area contributed by atoms with Crippen LogP contribution in [0.4, 0.5) is 11.4 Å². The molecule has 0 aliphatic heterocycles. The minimum Gasteiger partial charge on any atom is -0.361 e. The molecule has 2 N–H and O–H groups in total. The number of halogens is 1. The Hall–Kier alpha value is -2.78. The fourth-order valence-corrected chi connectivity index (χ4v) is 3.17. The molecule has 4 aromatic rings. The second kappa shape index (κ2) is 6.99. The maximum atomic E-state index is 6.04. The van der Waals surface area contributed by atoms with E-state index in [0.29, 0.717) is 0 Å². The van der Waals surface area contributed by atoms with E-state index in [0.717, 1.165) is 34.8 Å². The number of anilines is 2. The van der Waals surface area contributed by atoms with Gasteiger partial charge in [0.05, 0.1) is 0 Å². The molecule has 2 aromatic heterocycles. The van der Waals surface area contributed by atoms with Crippen LogP contribution in [0.3, 0.4) is 0 Å². The summed E-state index contributed by atoms with van der Waals surface area (Å²) in [6.45, 7) is 0. The zero-order chi connectivity index (χ0) is 17.1. The molecule has 0 bridgehead atoms. The number of aromatic amines is 1. The molecule has 2 aromatic carbocycles. The van der Waals surface area contributed by atoms with Gasteiger partial charge in [0.15, 0.2) is 0 Å². The molecule has 0 atom stereocenters. The van der Waals surface area contributed by atoms with E-state index in [-0.39, 0.29) is 0 Å². The first kappa shape index (κ1) is 15.7. The third-order valence-electron chi connectivity index (χ3n) is 4.34. The summed E-state index contributed by atoms with van der Waals surface area (Å²) >= 11 is 6.04. The van der Waals surface area contributed by atoms with E-state index in [1.54, 1.807) is 12.4 Å². The van der Waals surface area contributed by atoms with Crippen LogP contribution in [0.5, 0.6) is 0 Å². The third kappa shape index (κ3) is 3.67. The van der Waals surface area contributed by atoms with Gasteiger partial charge in [0.2, 0.25) is 0 Å². The van der Waals surface area contributed by atoms with Crippen molar-refractivity contribution in [3.63, 3.8) is 0 Å². The first-order valence-electron chi connectivity index (χ1n) is 8.29. The number of aromatic nitrogens is 2. The Morgan fingerprint density at radius 3 is 2.44 bits per heavy atom. The van der Waals surface area contributed by atoms with Gasteiger partial charge in [-0.1, -0.05) is 29.8 Å². The Bertz CT molecular complexity index is 975. The minimum absolute atomic E-state index is 0.762. The fraction of sp³-hybridized carbons (Fsp3) is 0.0952. The first-order chi connectivity index (χ1) is 12.3. The molecule has 0 spiro atoms. The quantitative estimate of drug-likeness (QED) is 0.483. The zero-order valence-corrected chi connectivity index (χ0v) is 14.4. The maximum Gasteiger partial charge on any atom is 0.0471 e. The largest absolute Gasteiger partial charge is 0.361 e. The highest BCUT2D eigenvalue weighted by molar-refractivity contribution is 6.31. The molecule has 4 rings (SSSR count). The second-order valence-electron chi connectivity index (χ2n) is 6.06. The van der Waals surface area contributed by atoms with Crippen molar-refractivity contribution in [2.24, 2.45) is 0 Å². The van der Waals surface area contributed by atoms with Gasteiger partial charge < -0.3 is 10.3 Å². The molecule has 0 aliphatic rings. The molecule has 2 heterocycles. The van der Waals surface area contributed by atoms with Crippen molar-refractivity contribution in [1.82, 2.24) is 9.97 Å². The van der Waals surface area contributed by atoms with Gasteiger partial charge in [0.25, 0.3) is 0 Å². The van der Waals surface area contributed by atoms with E-state index in [9.17, 15) is 0 Å². The van der Waals surface area contributed by atoms with Crippen LogP contribution in [0, 0.1) is 0 Å². The van der Waals surface area contributed by atoms with Gasteiger partial charge in [0.1, 0.15) is 0 Å². The van der Waals surface area contributed by atoms with Crippen molar-refractivity contribution < 1.29 is 0 Å². The lowest BCUT2D eigenvalue weighted by Gasteiger charge is -2.07. The van der Waals surface area contributed by atoms with Crippen LogP contribution in [0.15, 0.2) is 73.2 Å². The standard InChI is InChI=1S/C21H18ClN3/c22-17-5-8-20-16(14-24-21(20)13-17)4-1-15-2-6-18(7-3-15)25-19-9-11-23-12-10-19/h2-3,5-14,24H,1,4H2,(H,23,25). The number of rotatable bonds is 5. The molecule has 0 saturated carbocycles. The molecule has 4 heteroatoms. The van der Waals surface area contributed by atoms with Crippen LogP contribution in [0.2, 0.25) is 5.02 Å². The fourth-order valence-electron chi connectivity index (χ4n) is 3.00. The highest BCUT2D eigenvalue weighted by Crippen LogP contribution is 2.23. The van der Waals surface area contributed by atoms with Crippen LogP contribution in [-0.2, 0) is 12.8 Å². The Kier molecular flexibility index (Phi) is 4.40. The van der Waals surface area contributed by atoms with Gasteiger partial charge in [-0.25, -0.2) is 0 Å². The van der Waals surface area contributed by atoms with Crippen molar-refractivity contribution in [2.45, 2.75) is 12.8 Å². The number of aryl methyl sites for hydroxylation is 2. The Labute approximate surface area is 151 Å². The summed E-state index contributed by atoms with van der Waals surface area (Å²) in [6, 6.07) is 18.5. The van der Waals surface area contributed by atoms with Gasteiger partial charge in [0, 0.05) is 45.9 Å². The summed E-state index contributed by atoms with van der Waals surface area (Å²) in [6.07, 6.45) is 7.65. The lowest BCUT2D eigenvalue weighted by atomic mass is 10.0. The molecule has 0 aliphatic carbocycles. The number of nitrogens with one attached hydrogen (secondary N) is 2. The summed E-state index contributed by atoms with van der Waals surface area (Å²) in [5.74, 6) is 0. The second-order valence-corrected chi connectivity index (χ2v) is 6.50. The molecule has 3 nitrogen and oxygen atoms in total. The predicted octanol–water partition coefficient (Wildman–Crippen LogP) is 5.75. The molecule has 124 valence electrons. The van der Waals surface area contributed by atoms with Gasteiger partial charge in [-0.3, -0.25) is 4.98 Å². The summed E-state index contributed by atoms with van der Waals surface area (Å²) in [5.41, 5.74) is 5.87. The molecular formula is C21H18ClN3. The average molecular weight is 348 g/mol. The summed E-state index contributed by atoms with van der Waals surface area (Å²) in [5, 5.41) is 5.39.